The summed E-state index contributed by atoms with van der Waals surface area (Å²) in [5.74, 6) is -2.02. The Morgan fingerprint density at radius 2 is 2.05 bits per heavy atom. The first kappa shape index (κ1) is 16.0. The number of hydrogen-bond acceptors (Lipinski definition) is 8. The molecule has 7 nitrogen and oxygen atoms in total. The van der Waals surface area contributed by atoms with Crippen LogP contribution in [-0.4, -0.2) is 38.5 Å². The summed E-state index contributed by atoms with van der Waals surface area (Å²) in [5.41, 5.74) is 0. The Hall–Kier alpha value is -1.42. The van der Waals surface area contributed by atoms with Crippen LogP contribution in [0.1, 0.15) is 19.3 Å². The van der Waals surface area contributed by atoms with E-state index in [0.717, 1.165) is 5.03 Å². The van der Waals surface area contributed by atoms with E-state index >= 15 is 0 Å². The average Bonchev–Trinajstić information content (AvgIpc) is 2.72. The van der Waals surface area contributed by atoms with Crippen molar-refractivity contribution in [2.75, 3.05) is 5.75 Å². The molecule has 0 spiro atoms. The summed E-state index contributed by atoms with van der Waals surface area (Å²) in [6, 6.07) is 5.50. The molecule has 0 aromatic carbocycles. The van der Waals surface area contributed by atoms with Crippen molar-refractivity contribution in [3.8, 4) is 0 Å². The number of hydrogen-bond donors (Lipinski definition) is 1. The quantitative estimate of drug-likeness (QED) is 0.277. The smallest absolute Gasteiger partial charge is 0.249 e. The predicted molar refractivity (Wildman–Crippen MR) is 74.6 cm³/mol. The van der Waals surface area contributed by atoms with Crippen LogP contribution >= 0.6 is 21.6 Å². The molecule has 1 aliphatic heterocycles. The van der Waals surface area contributed by atoms with Crippen molar-refractivity contribution >= 4 is 39.4 Å². The normalized spacial score (nSPS) is 17.0. The van der Waals surface area contributed by atoms with Gasteiger partial charge in [-0.15, -0.1) is 0 Å². The summed E-state index contributed by atoms with van der Waals surface area (Å²) >= 11 is 0. The van der Waals surface area contributed by atoms with E-state index in [2.05, 4.69) is 9.82 Å². The zero-order valence-electron chi connectivity index (χ0n) is 10.9. The van der Waals surface area contributed by atoms with E-state index in [1.807, 2.05) is 12.1 Å². The number of aromatic nitrogens is 1. The van der Waals surface area contributed by atoms with Crippen LogP contribution in [0.2, 0.25) is 0 Å². The number of carbonyl (C=O) groups is 3. The molecule has 21 heavy (non-hydrogen) atoms. The second-order valence-electron chi connectivity index (χ2n) is 4.15. The van der Waals surface area contributed by atoms with Crippen LogP contribution < -0.4 is 0 Å². The van der Waals surface area contributed by atoms with Crippen molar-refractivity contribution < 1.29 is 29.2 Å². The fourth-order valence-corrected chi connectivity index (χ4v) is 3.42. The predicted octanol–water partition coefficient (Wildman–Crippen LogP) is 1.72. The SMILES string of the molecule is O=C(CCSSc1ccccn1)O[N+]1(O)C(=O)CCC1=O. The van der Waals surface area contributed by atoms with Gasteiger partial charge in [0.05, 0.1) is 19.3 Å². The molecule has 0 atom stereocenters. The molecule has 0 saturated carbocycles. The Labute approximate surface area is 128 Å². The maximum Gasteiger partial charge on any atom is 0.397 e. The van der Waals surface area contributed by atoms with Crippen LogP contribution in [0.15, 0.2) is 29.4 Å². The Kier molecular flexibility index (Phi) is 5.34. The van der Waals surface area contributed by atoms with Crippen LogP contribution in [0, 0.1) is 0 Å². The zero-order valence-corrected chi connectivity index (χ0v) is 12.6. The second kappa shape index (κ2) is 7.03. The number of nitrogens with zero attached hydrogens (tertiary/aromatic N) is 2. The molecule has 2 rings (SSSR count). The monoisotopic (exact) mass is 329 g/mol. The highest BCUT2D eigenvalue weighted by Gasteiger charge is 2.55. The first-order chi connectivity index (χ1) is 10.0. The highest BCUT2D eigenvalue weighted by Crippen LogP contribution is 2.29. The van der Waals surface area contributed by atoms with E-state index in [1.54, 1.807) is 12.3 Å². The summed E-state index contributed by atoms with van der Waals surface area (Å²) in [4.78, 5) is 41.1. The molecule has 1 N–H and O–H groups in total. The molecule has 9 heteroatoms. The fourth-order valence-electron chi connectivity index (χ4n) is 1.57. The van der Waals surface area contributed by atoms with Gasteiger partial charge in [0.2, 0.25) is 0 Å². The molecule has 1 aromatic rings. The molecule has 0 bridgehead atoms. The van der Waals surface area contributed by atoms with E-state index in [-0.39, 0.29) is 19.3 Å². The molecule has 112 valence electrons. The van der Waals surface area contributed by atoms with Crippen LogP contribution in [-0.2, 0) is 19.2 Å². The fraction of sp³-hybridized carbons (Fsp3) is 0.333. The second-order valence-corrected chi connectivity index (χ2v) is 6.59. The molecule has 0 aliphatic carbocycles. The summed E-state index contributed by atoms with van der Waals surface area (Å²) in [6.45, 7) is 0. The molecule has 2 amide bonds. The van der Waals surface area contributed by atoms with E-state index in [0.29, 0.717) is 5.75 Å². The molecule has 0 radical (unpaired) electrons. The topological polar surface area (TPSA) is 93.6 Å². The van der Waals surface area contributed by atoms with Crippen LogP contribution in [0.5, 0.6) is 0 Å². The highest BCUT2D eigenvalue weighted by atomic mass is 33.1. The molecule has 1 aromatic heterocycles. The molecule has 1 fully saturated rings. The van der Waals surface area contributed by atoms with Gasteiger partial charge in [0.25, 0.3) is 0 Å². The molecule has 1 saturated heterocycles. The Morgan fingerprint density at radius 1 is 1.33 bits per heavy atom. The third-order valence-electron chi connectivity index (χ3n) is 2.63. The van der Waals surface area contributed by atoms with Crippen molar-refractivity contribution in [3.05, 3.63) is 24.4 Å². The van der Waals surface area contributed by atoms with Crippen LogP contribution in [0.25, 0.3) is 0 Å². The van der Waals surface area contributed by atoms with Gasteiger partial charge in [-0.2, -0.15) is 5.21 Å². The van der Waals surface area contributed by atoms with Gasteiger partial charge >= 0.3 is 17.8 Å². The number of hydroxylamine groups is 4. The van der Waals surface area contributed by atoms with Gasteiger partial charge in [0.1, 0.15) is 9.84 Å². The van der Waals surface area contributed by atoms with Crippen molar-refractivity contribution in [3.63, 3.8) is 0 Å². The van der Waals surface area contributed by atoms with Crippen LogP contribution in [0.4, 0.5) is 0 Å². The van der Waals surface area contributed by atoms with Gasteiger partial charge in [0.15, 0.2) is 0 Å². The number of imide groups is 1. The average molecular weight is 329 g/mol. The lowest BCUT2D eigenvalue weighted by Crippen LogP contribution is -2.50. The highest BCUT2D eigenvalue weighted by molar-refractivity contribution is 8.76. The standard InChI is InChI=1S/C12H13N2O5S2/c15-10-4-5-11(16)14(10,18)19-12(17)6-8-20-21-9-3-1-2-7-13-9/h1-3,7,18H,4-6,8H2/q+1. The van der Waals surface area contributed by atoms with Gasteiger partial charge in [-0.1, -0.05) is 16.9 Å². The summed E-state index contributed by atoms with van der Waals surface area (Å²) < 4.78 is 0. The van der Waals surface area contributed by atoms with Gasteiger partial charge in [-0.05, 0) is 22.9 Å². The Morgan fingerprint density at radius 3 is 2.67 bits per heavy atom. The third kappa shape index (κ3) is 4.03. The number of quaternary nitrogens is 1. The van der Waals surface area contributed by atoms with Crippen molar-refractivity contribution in [2.45, 2.75) is 24.3 Å². The minimum atomic E-state index is -1.85. The Balaban J connectivity index is 1.73. The van der Waals surface area contributed by atoms with Gasteiger partial charge in [-0.25, -0.2) is 24.2 Å². The largest absolute Gasteiger partial charge is 0.397 e. The number of amides is 2. The van der Waals surface area contributed by atoms with Gasteiger partial charge in [-0.3, -0.25) is 0 Å². The molecule has 2 heterocycles. The van der Waals surface area contributed by atoms with Crippen molar-refractivity contribution in [1.29, 1.82) is 0 Å². The first-order valence-electron chi connectivity index (χ1n) is 6.14. The van der Waals surface area contributed by atoms with E-state index in [9.17, 15) is 19.6 Å². The van der Waals surface area contributed by atoms with E-state index in [1.165, 1.54) is 21.6 Å². The third-order valence-corrected chi connectivity index (χ3v) is 4.90. The minimum absolute atomic E-state index is 0.0222. The molecular formula is C12H13N2O5S2+. The van der Waals surface area contributed by atoms with Gasteiger partial charge < -0.3 is 0 Å². The Bertz CT molecular complexity index is 536. The lowest BCUT2D eigenvalue weighted by molar-refractivity contribution is -1.12. The number of pyridine rings is 1. The van der Waals surface area contributed by atoms with Crippen molar-refractivity contribution in [1.82, 2.24) is 4.98 Å². The van der Waals surface area contributed by atoms with Crippen LogP contribution in [0.3, 0.4) is 0 Å². The van der Waals surface area contributed by atoms with Crippen molar-refractivity contribution in [2.24, 2.45) is 0 Å². The van der Waals surface area contributed by atoms with E-state index in [4.69, 9.17) is 0 Å². The minimum Gasteiger partial charge on any atom is -0.249 e. The maximum absolute atomic E-state index is 11.6. The lowest BCUT2D eigenvalue weighted by Gasteiger charge is -2.15. The lowest BCUT2D eigenvalue weighted by atomic mass is 10.4. The molecule has 1 aliphatic rings. The number of carbonyl (C=O) groups excluding carboxylic acids is 3. The number of rotatable bonds is 6. The molecule has 0 unspecified atom stereocenters. The zero-order chi connectivity index (χ0) is 15.3. The van der Waals surface area contributed by atoms with E-state index < -0.39 is 22.6 Å². The summed E-state index contributed by atoms with van der Waals surface area (Å²) in [5, 5.41) is 10.5. The summed E-state index contributed by atoms with van der Waals surface area (Å²) in [6.07, 6.45) is 1.41. The first-order valence-corrected chi connectivity index (χ1v) is 8.46. The summed E-state index contributed by atoms with van der Waals surface area (Å²) in [7, 11) is 2.79. The molecular weight excluding hydrogens is 316 g/mol. The maximum atomic E-state index is 11.6. The van der Waals surface area contributed by atoms with Gasteiger partial charge in [0, 0.05) is 11.9 Å².